The van der Waals surface area contributed by atoms with Crippen LogP contribution >= 0.6 is 0 Å². The zero-order valence-electron chi connectivity index (χ0n) is 16.7. The fourth-order valence-corrected chi connectivity index (χ4v) is 3.11. The lowest BCUT2D eigenvalue weighted by Gasteiger charge is -2.13. The molecule has 0 aliphatic carbocycles. The predicted molar refractivity (Wildman–Crippen MR) is 106 cm³/mol. The quantitative estimate of drug-likeness (QED) is 0.295. The van der Waals surface area contributed by atoms with Gasteiger partial charge in [0.2, 0.25) is 18.4 Å². The molecule has 0 N–H and O–H groups in total. The van der Waals surface area contributed by atoms with Crippen molar-refractivity contribution in [3.8, 4) is 28.7 Å². The summed E-state index contributed by atoms with van der Waals surface area (Å²) in [4.78, 5) is 27.5. The highest BCUT2D eigenvalue weighted by Gasteiger charge is 2.29. The van der Waals surface area contributed by atoms with Gasteiger partial charge < -0.3 is 28.4 Å². The number of fused-ring (bicyclic) bond motifs is 1. The highest BCUT2D eigenvalue weighted by atomic mass is 16.7. The van der Waals surface area contributed by atoms with E-state index in [0.717, 1.165) is 0 Å². The molecule has 4 rings (SSSR count). The number of carbonyl (C=O) groups excluding carboxylic acids is 1. The summed E-state index contributed by atoms with van der Waals surface area (Å²) in [6.45, 7) is -0.0437. The van der Waals surface area contributed by atoms with Crippen LogP contribution in [0.15, 0.2) is 35.0 Å². The summed E-state index contributed by atoms with van der Waals surface area (Å²) in [5.41, 5.74) is 0.134. The summed E-state index contributed by atoms with van der Waals surface area (Å²) in [5, 5.41) is 11.5. The van der Waals surface area contributed by atoms with E-state index in [1.807, 2.05) is 0 Å². The molecular weight excluding hydrogens is 412 g/mol. The molecule has 0 saturated heterocycles. The van der Waals surface area contributed by atoms with E-state index in [0.29, 0.717) is 28.6 Å². The minimum absolute atomic E-state index is 0.0149. The van der Waals surface area contributed by atoms with Crippen molar-refractivity contribution in [2.45, 2.75) is 0 Å². The monoisotopic (exact) mass is 428 g/mol. The molecule has 0 atom stereocenters. The van der Waals surface area contributed by atoms with Crippen molar-refractivity contribution < 1.29 is 38.1 Å². The van der Waals surface area contributed by atoms with E-state index in [2.05, 4.69) is 4.99 Å². The van der Waals surface area contributed by atoms with E-state index >= 15 is 0 Å². The Morgan fingerprint density at radius 2 is 1.68 bits per heavy atom. The molecule has 2 aliphatic heterocycles. The Bertz CT molecular complexity index is 1130. The Balaban J connectivity index is 1.77. The van der Waals surface area contributed by atoms with Crippen LogP contribution in [-0.4, -0.2) is 44.9 Å². The number of aliphatic imine (C=N–C) groups is 1. The molecule has 0 fully saturated rings. The van der Waals surface area contributed by atoms with Crippen LogP contribution < -0.4 is 23.7 Å². The van der Waals surface area contributed by atoms with E-state index < -0.39 is 10.9 Å². The molecule has 0 bridgehead atoms. The number of methoxy groups -OCH3 is 3. The molecule has 2 aromatic carbocycles. The zero-order valence-corrected chi connectivity index (χ0v) is 16.7. The fraction of sp³-hybridized carbons (Fsp3) is 0.200. The van der Waals surface area contributed by atoms with Crippen molar-refractivity contribution in [3.05, 3.63) is 51.2 Å². The largest absolute Gasteiger partial charge is 0.493 e. The molecule has 160 valence electrons. The number of benzene rings is 2. The Morgan fingerprint density at radius 3 is 2.26 bits per heavy atom. The van der Waals surface area contributed by atoms with Crippen LogP contribution in [0, 0.1) is 10.1 Å². The molecule has 0 saturated carbocycles. The second-order valence-electron chi connectivity index (χ2n) is 6.27. The average Bonchev–Trinajstić information content (AvgIpc) is 3.37. The maximum absolute atomic E-state index is 12.4. The van der Waals surface area contributed by atoms with Crippen molar-refractivity contribution in [1.82, 2.24) is 0 Å². The number of rotatable bonds is 6. The van der Waals surface area contributed by atoms with Crippen molar-refractivity contribution in [2.24, 2.45) is 4.99 Å². The van der Waals surface area contributed by atoms with Gasteiger partial charge >= 0.3 is 5.97 Å². The van der Waals surface area contributed by atoms with Gasteiger partial charge in [-0.25, -0.2) is 9.79 Å². The lowest BCUT2D eigenvalue weighted by molar-refractivity contribution is -0.385. The van der Waals surface area contributed by atoms with Gasteiger partial charge in [-0.1, -0.05) is 0 Å². The van der Waals surface area contributed by atoms with Crippen LogP contribution in [0.25, 0.3) is 6.08 Å². The Kier molecular flexibility index (Phi) is 5.07. The Labute approximate surface area is 175 Å². The van der Waals surface area contributed by atoms with Crippen LogP contribution in [0.3, 0.4) is 0 Å². The topological polar surface area (TPSA) is 128 Å². The van der Waals surface area contributed by atoms with Gasteiger partial charge in [0, 0.05) is 5.56 Å². The van der Waals surface area contributed by atoms with Gasteiger partial charge in [-0.3, -0.25) is 10.1 Å². The third kappa shape index (κ3) is 3.56. The average molecular weight is 428 g/mol. The molecule has 0 radical (unpaired) electrons. The Morgan fingerprint density at radius 1 is 1.03 bits per heavy atom. The molecule has 11 nitrogen and oxygen atoms in total. The first kappa shape index (κ1) is 20.0. The fourth-order valence-electron chi connectivity index (χ4n) is 3.11. The SMILES string of the molecule is COc1cc(C2=N/C(=C/c3cc4c(cc3[N+](=O)[O-])OCO4)C(=O)O2)cc(OC)c1OC. The Hall–Kier alpha value is -4.28. The van der Waals surface area contributed by atoms with Gasteiger partial charge in [-0.15, -0.1) is 0 Å². The van der Waals surface area contributed by atoms with E-state index in [4.69, 9.17) is 28.4 Å². The second kappa shape index (κ2) is 7.86. The first-order valence-corrected chi connectivity index (χ1v) is 8.86. The van der Waals surface area contributed by atoms with Crippen LogP contribution in [0.2, 0.25) is 0 Å². The van der Waals surface area contributed by atoms with Gasteiger partial charge in [0.05, 0.1) is 37.9 Å². The normalized spacial score (nSPS) is 15.5. The third-order valence-corrected chi connectivity index (χ3v) is 4.54. The molecule has 2 aromatic rings. The van der Waals surface area contributed by atoms with Gasteiger partial charge in [-0.05, 0) is 24.3 Å². The molecular formula is C20H16N2O9. The minimum Gasteiger partial charge on any atom is -0.493 e. The third-order valence-electron chi connectivity index (χ3n) is 4.54. The number of hydrogen-bond donors (Lipinski definition) is 0. The van der Waals surface area contributed by atoms with Gasteiger partial charge in [0.15, 0.2) is 28.7 Å². The predicted octanol–water partition coefficient (Wildman–Crippen LogP) is 2.69. The standard InChI is InChI=1S/C20H16N2O9/c1-26-16-6-11(7-17(27-2)18(16)28-3)19-21-12(20(23)31-19)4-10-5-14-15(30-9-29-14)8-13(10)22(24)25/h4-8H,9H2,1-3H3/b12-4+. The van der Waals surface area contributed by atoms with Crippen LogP contribution in [0.4, 0.5) is 5.69 Å². The first-order valence-electron chi connectivity index (χ1n) is 8.86. The highest BCUT2D eigenvalue weighted by molar-refractivity contribution is 6.13. The number of nitro groups is 1. The molecule has 2 heterocycles. The van der Waals surface area contributed by atoms with Crippen LogP contribution in [0.1, 0.15) is 11.1 Å². The zero-order chi connectivity index (χ0) is 22.1. The summed E-state index contributed by atoms with van der Waals surface area (Å²) in [6, 6.07) is 5.78. The minimum atomic E-state index is -0.768. The number of nitrogens with zero attached hydrogens (tertiary/aromatic N) is 2. The maximum atomic E-state index is 12.4. The summed E-state index contributed by atoms with van der Waals surface area (Å²) >= 11 is 0. The molecule has 31 heavy (non-hydrogen) atoms. The van der Waals surface area contributed by atoms with Crippen LogP contribution in [-0.2, 0) is 9.53 Å². The smallest absolute Gasteiger partial charge is 0.363 e. The summed E-state index contributed by atoms with van der Waals surface area (Å²) in [5.74, 6) is 0.862. The summed E-state index contributed by atoms with van der Waals surface area (Å²) in [6.07, 6.45) is 1.26. The number of cyclic esters (lactones) is 1. The van der Waals surface area contributed by atoms with Crippen molar-refractivity contribution in [2.75, 3.05) is 28.1 Å². The van der Waals surface area contributed by atoms with E-state index in [-0.39, 0.29) is 35.4 Å². The van der Waals surface area contributed by atoms with E-state index in [1.165, 1.54) is 39.5 Å². The molecule has 0 amide bonds. The molecule has 0 spiro atoms. The first-order chi connectivity index (χ1) is 14.9. The number of nitro benzene ring substituents is 1. The van der Waals surface area contributed by atoms with Crippen molar-refractivity contribution in [3.63, 3.8) is 0 Å². The maximum Gasteiger partial charge on any atom is 0.363 e. The van der Waals surface area contributed by atoms with Crippen LogP contribution in [0.5, 0.6) is 28.7 Å². The van der Waals surface area contributed by atoms with Gasteiger partial charge in [0.1, 0.15) is 0 Å². The number of carbonyl (C=O) groups is 1. The molecule has 0 unspecified atom stereocenters. The molecule has 11 heteroatoms. The summed E-state index contributed by atoms with van der Waals surface area (Å²) in [7, 11) is 4.37. The van der Waals surface area contributed by atoms with Crippen molar-refractivity contribution >= 4 is 23.6 Å². The number of hydrogen-bond acceptors (Lipinski definition) is 10. The van der Waals surface area contributed by atoms with Crippen molar-refractivity contribution in [1.29, 1.82) is 0 Å². The van der Waals surface area contributed by atoms with Gasteiger partial charge in [0.25, 0.3) is 5.69 Å². The lowest BCUT2D eigenvalue weighted by Crippen LogP contribution is -2.07. The highest BCUT2D eigenvalue weighted by Crippen LogP contribution is 2.40. The number of ether oxygens (including phenoxy) is 6. The second-order valence-corrected chi connectivity index (χ2v) is 6.27. The van der Waals surface area contributed by atoms with E-state index in [9.17, 15) is 14.9 Å². The molecule has 2 aliphatic rings. The number of esters is 1. The lowest BCUT2D eigenvalue weighted by atomic mass is 10.1. The summed E-state index contributed by atoms with van der Waals surface area (Å²) < 4.78 is 31.6. The van der Waals surface area contributed by atoms with Gasteiger partial charge in [-0.2, -0.15) is 0 Å². The van der Waals surface area contributed by atoms with E-state index in [1.54, 1.807) is 12.1 Å². The molecule has 0 aromatic heterocycles.